The zero-order valence-corrected chi connectivity index (χ0v) is 21.7. The van der Waals surface area contributed by atoms with Gasteiger partial charge in [-0.25, -0.2) is 4.68 Å². The molecular formula is C27H35N7O. The maximum Gasteiger partial charge on any atom is 0.252 e. The highest BCUT2D eigenvalue weighted by Crippen LogP contribution is 2.32. The van der Waals surface area contributed by atoms with Crippen LogP contribution in [0.1, 0.15) is 68.7 Å². The smallest absolute Gasteiger partial charge is 0.252 e. The molecule has 0 aliphatic rings. The van der Waals surface area contributed by atoms with E-state index >= 15 is 0 Å². The van der Waals surface area contributed by atoms with Crippen molar-refractivity contribution in [2.75, 3.05) is 0 Å². The average Bonchev–Trinajstić information content (AvgIpc) is 3.25. The fourth-order valence-corrected chi connectivity index (χ4v) is 4.77. The van der Waals surface area contributed by atoms with Crippen molar-refractivity contribution in [2.45, 2.75) is 73.1 Å². The molecule has 0 unspecified atom stereocenters. The summed E-state index contributed by atoms with van der Waals surface area (Å²) in [7, 11) is 0. The maximum atomic E-state index is 13.2. The molecule has 0 saturated carbocycles. The van der Waals surface area contributed by atoms with Gasteiger partial charge in [0.1, 0.15) is 0 Å². The molecule has 1 N–H and O–H groups in total. The lowest BCUT2D eigenvalue weighted by Gasteiger charge is -2.35. The summed E-state index contributed by atoms with van der Waals surface area (Å²) in [6.07, 6.45) is 3.64. The number of hydrogen-bond acceptors (Lipinski definition) is 6. The molecule has 3 aromatic heterocycles. The maximum absolute atomic E-state index is 13.2. The molecule has 1 aromatic carbocycles. The molecule has 35 heavy (non-hydrogen) atoms. The van der Waals surface area contributed by atoms with E-state index in [1.54, 1.807) is 6.20 Å². The average molecular weight is 474 g/mol. The van der Waals surface area contributed by atoms with Crippen LogP contribution in [0.25, 0.3) is 10.9 Å². The first kappa shape index (κ1) is 24.7. The van der Waals surface area contributed by atoms with E-state index in [9.17, 15) is 4.79 Å². The lowest BCUT2D eigenvalue weighted by atomic mass is 9.98. The van der Waals surface area contributed by atoms with Crippen LogP contribution in [0.3, 0.4) is 0 Å². The van der Waals surface area contributed by atoms with Gasteiger partial charge in [-0.2, -0.15) is 0 Å². The second-order valence-electron chi connectivity index (χ2n) is 10.7. The second kappa shape index (κ2) is 9.70. The Morgan fingerprint density at radius 3 is 2.54 bits per heavy atom. The van der Waals surface area contributed by atoms with Crippen molar-refractivity contribution in [2.24, 2.45) is 5.92 Å². The van der Waals surface area contributed by atoms with E-state index in [2.05, 4.69) is 84.1 Å². The number of fused-ring (bicyclic) bond motifs is 1. The Labute approximate surface area is 206 Å². The Kier molecular flexibility index (Phi) is 6.85. The summed E-state index contributed by atoms with van der Waals surface area (Å²) >= 11 is 0. The Hall–Kier alpha value is -3.39. The molecule has 8 nitrogen and oxygen atoms in total. The van der Waals surface area contributed by atoms with Crippen molar-refractivity contribution in [1.82, 2.24) is 35.1 Å². The van der Waals surface area contributed by atoms with Crippen LogP contribution in [0.4, 0.5) is 0 Å². The minimum atomic E-state index is -0.276. The van der Waals surface area contributed by atoms with Gasteiger partial charge in [-0.05, 0) is 85.9 Å². The summed E-state index contributed by atoms with van der Waals surface area (Å²) in [5.41, 5.74) is 4.58. The summed E-state index contributed by atoms with van der Waals surface area (Å²) in [6, 6.07) is 10.1. The van der Waals surface area contributed by atoms with Crippen LogP contribution in [0.2, 0.25) is 0 Å². The summed E-state index contributed by atoms with van der Waals surface area (Å²) in [6.45, 7) is 15.8. The van der Waals surface area contributed by atoms with Gasteiger partial charge < -0.3 is 4.98 Å². The molecule has 4 rings (SSSR count). The first-order valence-electron chi connectivity index (χ1n) is 12.1. The minimum Gasteiger partial charge on any atom is -0.322 e. The summed E-state index contributed by atoms with van der Waals surface area (Å²) in [5, 5.41) is 13.9. The quantitative estimate of drug-likeness (QED) is 0.419. The number of nitrogens with one attached hydrogen (secondary N) is 1. The van der Waals surface area contributed by atoms with Gasteiger partial charge in [0.15, 0.2) is 5.82 Å². The van der Waals surface area contributed by atoms with Crippen LogP contribution in [0.5, 0.6) is 0 Å². The number of aryl methyl sites for hydroxylation is 2. The fourth-order valence-electron chi connectivity index (χ4n) is 4.77. The number of aromatic amines is 1. The second-order valence-corrected chi connectivity index (χ2v) is 10.7. The lowest BCUT2D eigenvalue weighted by Crippen LogP contribution is -2.37. The van der Waals surface area contributed by atoms with Crippen LogP contribution in [-0.2, 0) is 18.6 Å². The number of H-pyrrole nitrogens is 1. The molecule has 0 amide bonds. The van der Waals surface area contributed by atoms with Crippen molar-refractivity contribution in [3.63, 3.8) is 0 Å². The molecule has 1 atom stereocenters. The van der Waals surface area contributed by atoms with Crippen LogP contribution in [0, 0.1) is 19.8 Å². The van der Waals surface area contributed by atoms with Crippen molar-refractivity contribution < 1.29 is 0 Å². The molecule has 0 radical (unpaired) electrons. The van der Waals surface area contributed by atoms with E-state index in [-0.39, 0.29) is 23.1 Å². The molecular weight excluding hydrogens is 438 g/mol. The van der Waals surface area contributed by atoms with Crippen molar-refractivity contribution in [3.8, 4) is 0 Å². The highest BCUT2D eigenvalue weighted by atomic mass is 16.1. The summed E-state index contributed by atoms with van der Waals surface area (Å²) < 4.78 is 1.89. The predicted molar refractivity (Wildman–Crippen MR) is 138 cm³/mol. The Balaban J connectivity index is 1.82. The number of nitrogens with zero attached hydrogens (tertiary/aromatic N) is 6. The van der Waals surface area contributed by atoms with Gasteiger partial charge in [-0.1, -0.05) is 26.0 Å². The van der Waals surface area contributed by atoms with E-state index in [0.29, 0.717) is 18.7 Å². The topological polar surface area (TPSA) is 92.6 Å². The molecule has 184 valence electrons. The van der Waals surface area contributed by atoms with Crippen LogP contribution in [0.15, 0.2) is 47.5 Å². The van der Waals surface area contributed by atoms with Gasteiger partial charge in [0.2, 0.25) is 0 Å². The molecule has 3 heterocycles. The van der Waals surface area contributed by atoms with Crippen LogP contribution in [-0.4, -0.2) is 35.1 Å². The van der Waals surface area contributed by atoms with Gasteiger partial charge in [0.05, 0.1) is 11.6 Å². The van der Waals surface area contributed by atoms with Gasteiger partial charge in [0.25, 0.3) is 5.56 Å². The third-order valence-corrected chi connectivity index (χ3v) is 6.29. The zero-order chi connectivity index (χ0) is 25.3. The third-order valence-electron chi connectivity index (χ3n) is 6.29. The van der Waals surface area contributed by atoms with Gasteiger partial charge in [-0.3, -0.25) is 14.7 Å². The number of hydrogen-bond donors (Lipinski definition) is 1. The highest BCUT2D eigenvalue weighted by Gasteiger charge is 2.33. The Bertz CT molecular complexity index is 1370. The molecule has 0 aliphatic heterocycles. The SMILES string of the molecule is Cc1cc(C)c2cc(CN(Cc3cccnc3)[C@@H](c3nnnn3C(C)(C)C)C(C)C)c(=O)[nH]c2c1. The molecule has 4 aromatic rings. The normalized spacial score (nSPS) is 13.2. The third kappa shape index (κ3) is 5.32. The molecule has 8 heteroatoms. The fraction of sp³-hybridized carbons (Fsp3) is 0.444. The molecule has 0 bridgehead atoms. The van der Waals surface area contributed by atoms with Gasteiger partial charge in [0, 0.05) is 41.9 Å². The molecule has 0 aliphatic carbocycles. The molecule has 0 saturated heterocycles. The lowest BCUT2D eigenvalue weighted by molar-refractivity contribution is 0.119. The largest absolute Gasteiger partial charge is 0.322 e. The monoisotopic (exact) mass is 473 g/mol. The van der Waals surface area contributed by atoms with Crippen LogP contribution < -0.4 is 5.56 Å². The van der Waals surface area contributed by atoms with Gasteiger partial charge in [-0.15, -0.1) is 5.10 Å². The number of aromatic nitrogens is 6. The number of benzene rings is 1. The van der Waals surface area contributed by atoms with E-state index < -0.39 is 0 Å². The number of pyridine rings is 2. The van der Waals surface area contributed by atoms with Crippen molar-refractivity contribution in [1.29, 1.82) is 0 Å². The van der Waals surface area contributed by atoms with E-state index in [4.69, 9.17) is 0 Å². The van der Waals surface area contributed by atoms with Crippen molar-refractivity contribution >= 4 is 10.9 Å². The predicted octanol–water partition coefficient (Wildman–Crippen LogP) is 4.68. The minimum absolute atomic E-state index is 0.0726. The summed E-state index contributed by atoms with van der Waals surface area (Å²) in [4.78, 5) is 22.9. The molecule has 0 fully saturated rings. The van der Waals surface area contributed by atoms with Crippen LogP contribution >= 0.6 is 0 Å². The zero-order valence-electron chi connectivity index (χ0n) is 21.7. The van der Waals surface area contributed by atoms with E-state index in [1.807, 2.05) is 36.0 Å². The van der Waals surface area contributed by atoms with E-state index in [1.165, 1.54) is 0 Å². The van der Waals surface area contributed by atoms with E-state index in [0.717, 1.165) is 33.4 Å². The standard InChI is InChI=1S/C27H35N7O/c1-17(2)24(25-30-31-32-34(25)27(5,6)7)33(15-20-9-8-10-28-14-20)16-21-13-22-19(4)11-18(3)12-23(22)29-26(21)35/h8-14,17,24H,15-16H2,1-7H3,(H,29,35)/t24-/m1/s1. The number of rotatable bonds is 7. The van der Waals surface area contributed by atoms with Gasteiger partial charge >= 0.3 is 0 Å². The molecule has 0 spiro atoms. The Morgan fingerprint density at radius 2 is 1.89 bits per heavy atom. The van der Waals surface area contributed by atoms with Crippen molar-refractivity contribution in [3.05, 3.63) is 81.2 Å². The number of tetrazole rings is 1. The highest BCUT2D eigenvalue weighted by molar-refractivity contribution is 5.83. The first-order valence-corrected chi connectivity index (χ1v) is 12.1. The summed E-state index contributed by atoms with van der Waals surface area (Å²) in [5.74, 6) is 0.989. The first-order chi connectivity index (χ1) is 16.5. The Morgan fingerprint density at radius 1 is 1.11 bits per heavy atom.